The summed E-state index contributed by atoms with van der Waals surface area (Å²) in [4.78, 5) is 11.8. The van der Waals surface area contributed by atoms with Gasteiger partial charge in [-0.1, -0.05) is 0 Å². The fourth-order valence-electron chi connectivity index (χ4n) is 2.05. The molecule has 0 spiro atoms. The van der Waals surface area contributed by atoms with Crippen molar-refractivity contribution in [3.8, 4) is 0 Å². The van der Waals surface area contributed by atoms with E-state index in [1.807, 2.05) is 0 Å². The maximum Gasteiger partial charge on any atom is 0.195 e. The molecule has 0 amide bonds. The van der Waals surface area contributed by atoms with Crippen molar-refractivity contribution in [1.82, 2.24) is 0 Å². The Bertz CT molecular complexity index is 376. The highest BCUT2D eigenvalue weighted by Crippen LogP contribution is 2.24. The number of aliphatic hydroxyl groups is 8. The van der Waals surface area contributed by atoms with E-state index >= 15 is 0 Å². The van der Waals surface area contributed by atoms with E-state index in [1.165, 1.54) is 0 Å². The molecule has 1 aliphatic heterocycles. The molecule has 0 aromatic rings. The molecule has 0 saturated carbocycles. The van der Waals surface area contributed by atoms with Crippen LogP contribution in [0.1, 0.15) is 0 Å². The zero-order valence-electron chi connectivity index (χ0n) is 12.0. The minimum Gasteiger partial charge on any atom is -0.394 e. The molecule has 11 heteroatoms. The topological polar surface area (TPSA) is 197 Å². The molecule has 0 unspecified atom stereocenters. The van der Waals surface area contributed by atoms with Crippen LogP contribution in [-0.2, 0) is 14.3 Å². The first kappa shape index (κ1) is 20.3. The van der Waals surface area contributed by atoms with Crippen LogP contribution in [0.5, 0.6) is 0 Å². The normalized spacial score (nSPS) is 35.6. The molecule has 136 valence electrons. The summed E-state index contributed by atoms with van der Waals surface area (Å²) in [5.74, 6) is -1.19. The van der Waals surface area contributed by atoms with Crippen molar-refractivity contribution >= 4 is 5.78 Å². The third-order valence-electron chi connectivity index (χ3n) is 3.45. The van der Waals surface area contributed by atoms with Gasteiger partial charge in [0.05, 0.1) is 19.8 Å². The molecule has 0 bridgehead atoms. The first-order chi connectivity index (χ1) is 10.8. The van der Waals surface area contributed by atoms with Crippen LogP contribution < -0.4 is 0 Å². The molecule has 1 saturated heterocycles. The maximum absolute atomic E-state index is 11.8. The summed E-state index contributed by atoms with van der Waals surface area (Å²) >= 11 is 0. The molecule has 0 radical (unpaired) electrons. The average Bonchev–Trinajstić information content (AvgIpc) is 2.57. The average molecular weight is 342 g/mol. The molecule has 8 atom stereocenters. The monoisotopic (exact) mass is 342 g/mol. The van der Waals surface area contributed by atoms with Crippen molar-refractivity contribution < 1.29 is 55.1 Å². The Morgan fingerprint density at radius 1 is 1.00 bits per heavy atom. The Kier molecular flexibility index (Phi) is 7.89. The predicted molar refractivity (Wildman–Crippen MR) is 69.8 cm³/mol. The lowest BCUT2D eigenvalue weighted by atomic mass is 9.99. The number of rotatable bonds is 8. The minimum absolute atomic E-state index is 0.731. The van der Waals surface area contributed by atoms with E-state index in [9.17, 15) is 30.3 Å². The van der Waals surface area contributed by atoms with Crippen LogP contribution in [0.3, 0.4) is 0 Å². The fraction of sp³-hybridized carbons (Fsp3) is 0.917. The molecule has 0 aromatic carbocycles. The summed E-state index contributed by atoms with van der Waals surface area (Å²) in [6, 6.07) is 0. The first-order valence-electron chi connectivity index (χ1n) is 6.86. The van der Waals surface area contributed by atoms with Crippen LogP contribution in [-0.4, -0.2) is 115 Å². The summed E-state index contributed by atoms with van der Waals surface area (Å²) in [7, 11) is 0. The van der Waals surface area contributed by atoms with Crippen molar-refractivity contribution in [1.29, 1.82) is 0 Å². The summed E-state index contributed by atoms with van der Waals surface area (Å²) in [5, 5.41) is 74.7. The SMILES string of the molecule is O=C([C@@H](O[C@H]1O[C@H](CO)[C@H](O)[C@H](O)[C@H]1O)[C@H](O)CO)[C@@H](O)CO. The van der Waals surface area contributed by atoms with Crippen LogP contribution in [0.2, 0.25) is 0 Å². The molecule has 11 nitrogen and oxygen atoms in total. The van der Waals surface area contributed by atoms with E-state index in [0.29, 0.717) is 0 Å². The van der Waals surface area contributed by atoms with Crippen LogP contribution in [0, 0.1) is 0 Å². The number of Topliss-reactive ketones (excluding diaryl/α,β-unsaturated/α-hetero) is 1. The number of carbonyl (C=O) groups is 1. The number of carbonyl (C=O) groups excluding carboxylic acids is 1. The zero-order valence-corrected chi connectivity index (χ0v) is 12.0. The van der Waals surface area contributed by atoms with Crippen LogP contribution >= 0.6 is 0 Å². The molecular weight excluding hydrogens is 320 g/mol. The Morgan fingerprint density at radius 2 is 1.61 bits per heavy atom. The summed E-state index contributed by atoms with van der Waals surface area (Å²) in [5.41, 5.74) is 0. The highest BCUT2D eigenvalue weighted by molar-refractivity contribution is 5.87. The van der Waals surface area contributed by atoms with E-state index in [1.54, 1.807) is 0 Å². The molecule has 1 rings (SSSR count). The number of ketones is 1. The number of hydrogen-bond donors (Lipinski definition) is 8. The lowest BCUT2D eigenvalue weighted by Gasteiger charge is -2.41. The van der Waals surface area contributed by atoms with Gasteiger partial charge in [-0.3, -0.25) is 4.79 Å². The smallest absolute Gasteiger partial charge is 0.195 e. The van der Waals surface area contributed by atoms with Crippen LogP contribution in [0.15, 0.2) is 0 Å². The van der Waals surface area contributed by atoms with Gasteiger partial charge in [0.15, 0.2) is 12.1 Å². The second kappa shape index (κ2) is 8.94. The lowest BCUT2D eigenvalue weighted by Crippen LogP contribution is -2.61. The first-order valence-corrected chi connectivity index (χ1v) is 6.86. The van der Waals surface area contributed by atoms with Crippen molar-refractivity contribution in [2.45, 2.75) is 49.0 Å². The summed E-state index contributed by atoms with van der Waals surface area (Å²) < 4.78 is 10.0. The Hall–Kier alpha value is -0.730. The molecule has 1 heterocycles. The van der Waals surface area contributed by atoms with Crippen molar-refractivity contribution in [3.05, 3.63) is 0 Å². The quantitative estimate of drug-likeness (QED) is 0.209. The second-order valence-electron chi connectivity index (χ2n) is 5.10. The van der Waals surface area contributed by atoms with Gasteiger partial charge >= 0.3 is 0 Å². The van der Waals surface area contributed by atoms with Gasteiger partial charge in [-0.15, -0.1) is 0 Å². The minimum atomic E-state index is -1.91. The van der Waals surface area contributed by atoms with Gasteiger partial charge in [-0.2, -0.15) is 0 Å². The molecule has 0 aliphatic carbocycles. The summed E-state index contributed by atoms with van der Waals surface area (Å²) in [6.45, 7) is -2.64. The molecular formula is C12H22O11. The van der Waals surface area contributed by atoms with Crippen molar-refractivity contribution in [2.75, 3.05) is 19.8 Å². The standard InChI is InChI=1S/C12H22O11/c13-1-4(16)7(18)11(5(17)2-14)23-12-10(21)9(20)8(19)6(3-15)22-12/h4-6,8-17,19-21H,1-3H2/t4-,5+,6+,8-,9-,10+,11-,12+/m0/s1. The third-order valence-corrected chi connectivity index (χ3v) is 3.45. The van der Waals surface area contributed by atoms with E-state index in [4.69, 9.17) is 24.8 Å². The van der Waals surface area contributed by atoms with Crippen molar-refractivity contribution in [3.63, 3.8) is 0 Å². The second-order valence-corrected chi connectivity index (χ2v) is 5.10. The maximum atomic E-state index is 11.8. The van der Waals surface area contributed by atoms with E-state index < -0.39 is 74.6 Å². The fourth-order valence-corrected chi connectivity index (χ4v) is 2.05. The van der Waals surface area contributed by atoms with E-state index in [2.05, 4.69) is 0 Å². The van der Waals surface area contributed by atoms with Gasteiger partial charge in [0.2, 0.25) is 0 Å². The Labute approximate surface area is 130 Å². The highest BCUT2D eigenvalue weighted by atomic mass is 16.7. The largest absolute Gasteiger partial charge is 0.394 e. The van der Waals surface area contributed by atoms with Gasteiger partial charge in [-0.25, -0.2) is 0 Å². The van der Waals surface area contributed by atoms with Crippen LogP contribution in [0.4, 0.5) is 0 Å². The number of ether oxygens (including phenoxy) is 2. The van der Waals surface area contributed by atoms with E-state index in [0.717, 1.165) is 0 Å². The third kappa shape index (κ3) is 4.64. The zero-order chi connectivity index (χ0) is 17.7. The molecule has 1 fully saturated rings. The predicted octanol–water partition coefficient (Wildman–Crippen LogP) is -5.55. The van der Waals surface area contributed by atoms with E-state index in [-0.39, 0.29) is 0 Å². The van der Waals surface area contributed by atoms with Gasteiger partial charge in [0, 0.05) is 0 Å². The van der Waals surface area contributed by atoms with Gasteiger partial charge in [0.1, 0.15) is 42.7 Å². The van der Waals surface area contributed by atoms with Gasteiger partial charge in [0.25, 0.3) is 0 Å². The summed E-state index contributed by atoms with van der Waals surface area (Å²) in [6.07, 6.45) is -13.9. The number of hydrogen-bond acceptors (Lipinski definition) is 11. The molecule has 1 aliphatic rings. The van der Waals surface area contributed by atoms with Crippen LogP contribution in [0.25, 0.3) is 0 Å². The number of aliphatic hydroxyl groups excluding tert-OH is 8. The van der Waals surface area contributed by atoms with Gasteiger partial charge < -0.3 is 50.3 Å². The van der Waals surface area contributed by atoms with Crippen molar-refractivity contribution in [2.24, 2.45) is 0 Å². The Morgan fingerprint density at radius 3 is 2.09 bits per heavy atom. The van der Waals surface area contributed by atoms with Gasteiger partial charge in [-0.05, 0) is 0 Å². The highest BCUT2D eigenvalue weighted by Gasteiger charge is 2.46. The molecule has 23 heavy (non-hydrogen) atoms. The Balaban J connectivity index is 2.91. The lowest BCUT2D eigenvalue weighted by molar-refractivity contribution is -0.314. The molecule has 8 N–H and O–H groups in total. The molecule has 0 aromatic heterocycles.